The molecule has 0 unspecified atom stereocenters. The summed E-state index contributed by atoms with van der Waals surface area (Å²) in [6.45, 7) is 5.57. The predicted octanol–water partition coefficient (Wildman–Crippen LogP) is 3.66. The fourth-order valence-electron chi connectivity index (χ4n) is 2.38. The number of benzene rings is 2. The molecule has 0 spiro atoms. The van der Waals surface area contributed by atoms with Crippen molar-refractivity contribution in [1.82, 2.24) is 0 Å². The van der Waals surface area contributed by atoms with E-state index in [1.54, 1.807) is 19.1 Å². The smallest absolute Gasteiger partial charge is 0.335 e. The topological polar surface area (TPSA) is 75.6 Å². The molecule has 0 heterocycles. The summed E-state index contributed by atoms with van der Waals surface area (Å²) < 4.78 is 5.71. The van der Waals surface area contributed by atoms with Gasteiger partial charge in [0.2, 0.25) is 5.91 Å². The van der Waals surface area contributed by atoms with Crippen molar-refractivity contribution >= 4 is 17.6 Å². The number of carboxylic acids is 1. The largest absolute Gasteiger partial charge is 0.491 e. The molecule has 0 aliphatic rings. The van der Waals surface area contributed by atoms with Crippen molar-refractivity contribution in [3.05, 3.63) is 59.2 Å². The summed E-state index contributed by atoms with van der Waals surface area (Å²) >= 11 is 0. The minimum Gasteiger partial charge on any atom is -0.491 e. The number of ether oxygens (including phenoxy) is 1. The van der Waals surface area contributed by atoms with Crippen molar-refractivity contribution in [1.29, 1.82) is 0 Å². The zero-order valence-electron chi connectivity index (χ0n) is 14.0. The minimum atomic E-state index is -0.981. The standard InChI is InChI=1S/C19H21NO4/c1-12(2)24-17-7-5-4-6-14(17)11-18(21)20-15-8-9-16(19(22)23)13(3)10-15/h4-10,12H,11H2,1-3H3,(H,20,21)(H,22,23). The van der Waals surface area contributed by atoms with Gasteiger partial charge in [-0.15, -0.1) is 0 Å². The summed E-state index contributed by atoms with van der Waals surface area (Å²) in [6, 6.07) is 12.2. The third-order valence-electron chi connectivity index (χ3n) is 3.43. The van der Waals surface area contributed by atoms with Gasteiger partial charge in [-0.2, -0.15) is 0 Å². The number of para-hydroxylation sites is 1. The van der Waals surface area contributed by atoms with Gasteiger partial charge in [-0.3, -0.25) is 4.79 Å². The zero-order valence-corrected chi connectivity index (χ0v) is 14.0. The molecule has 0 saturated carbocycles. The second-order valence-corrected chi connectivity index (χ2v) is 5.83. The van der Waals surface area contributed by atoms with Crippen LogP contribution in [0.2, 0.25) is 0 Å². The van der Waals surface area contributed by atoms with Gasteiger partial charge in [0.15, 0.2) is 0 Å². The Hall–Kier alpha value is -2.82. The minimum absolute atomic E-state index is 0.0282. The first-order chi connectivity index (χ1) is 11.4. The lowest BCUT2D eigenvalue weighted by Crippen LogP contribution is -2.16. The van der Waals surface area contributed by atoms with Gasteiger partial charge in [-0.25, -0.2) is 4.79 Å². The van der Waals surface area contributed by atoms with E-state index in [-0.39, 0.29) is 24.0 Å². The lowest BCUT2D eigenvalue weighted by molar-refractivity contribution is -0.115. The summed E-state index contributed by atoms with van der Waals surface area (Å²) in [5, 5.41) is 11.8. The first-order valence-electron chi connectivity index (χ1n) is 7.75. The first kappa shape index (κ1) is 17.5. The molecule has 0 atom stereocenters. The fraction of sp³-hybridized carbons (Fsp3) is 0.263. The Morgan fingerprint density at radius 2 is 1.88 bits per heavy atom. The van der Waals surface area contributed by atoms with Crippen molar-refractivity contribution in [3.63, 3.8) is 0 Å². The Morgan fingerprint density at radius 3 is 2.50 bits per heavy atom. The lowest BCUT2D eigenvalue weighted by atomic mass is 10.1. The van der Waals surface area contributed by atoms with Gasteiger partial charge in [0.05, 0.1) is 18.1 Å². The zero-order chi connectivity index (χ0) is 17.7. The maximum absolute atomic E-state index is 12.3. The van der Waals surface area contributed by atoms with Gasteiger partial charge in [-0.1, -0.05) is 18.2 Å². The highest BCUT2D eigenvalue weighted by Crippen LogP contribution is 2.21. The van der Waals surface area contributed by atoms with Crippen molar-refractivity contribution in [2.45, 2.75) is 33.3 Å². The van der Waals surface area contributed by atoms with Crippen LogP contribution in [0.3, 0.4) is 0 Å². The van der Waals surface area contributed by atoms with E-state index in [2.05, 4.69) is 5.32 Å². The summed E-state index contributed by atoms with van der Waals surface area (Å²) in [4.78, 5) is 23.3. The second kappa shape index (κ2) is 7.64. The molecule has 5 heteroatoms. The number of aromatic carboxylic acids is 1. The van der Waals surface area contributed by atoms with E-state index in [1.165, 1.54) is 6.07 Å². The maximum Gasteiger partial charge on any atom is 0.335 e. The molecule has 0 radical (unpaired) electrons. The molecule has 2 N–H and O–H groups in total. The molecule has 24 heavy (non-hydrogen) atoms. The molecular weight excluding hydrogens is 306 g/mol. The van der Waals surface area contributed by atoms with Crippen molar-refractivity contribution in [2.75, 3.05) is 5.32 Å². The maximum atomic E-state index is 12.3. The predicted molar refractivity (Wildman–Crippen MR) is 92.7 cm³/mol. The van der Waals surface area contributed by atoms with Crippen LogP contribution >= 0.6 is 0 Å². The molecule has 126 valence electrons. The number of hydrogen-bond donors (Lipinski definition) is 2. The quantitative estimate of drug-likeness (QED) is 0.849. The van der Waals surface area contributed by atoms with Crippen molar-refractivity contribution in [2.24, 2.45) is 0 Å². The Kier molecular flexibility index (Phi) is 5.58. The van der Waals surface area contributed by atoms with Crippen LogP contribution in [0, 0.1) is 6.92 Å². The summed E-state index contributed by atoms with van der Waals surface area (Å²) in [7, 11) is 0. The van der Waals surface area contributed by atoms with E-state index in [4.69, 9.17) is 9.84 Å². The highest BCUT2D eigenvalue weighted by Gasteiger charge is 2.12. The molecular formula is C19H21NO4. The van der Waals surface area contributed by atoms with E-state index in [0.717, 1.165) is 5.56 Å². The Bertz CT molecular complexity index is 753. The monoisotopic (exact) mass is 327 g/mol. The van der Waals surface area contributed by atoms with Gasteiger partial charge in [-0.05, 0) is 50.6 Å². The molecule has 0 aliphatic carbocycles. The highest BCUT2D eigenvalue weighted by molar-refractivity contribution is 5.94. The van der Waals surface area contributed by atoms with E-state index in [0.29, 0.717) is 17.0 Å². The molecule has 0 aliphatic heterocycles. The van der Waals surface area contributed by atoms with E-state index in [1.807, 2.05) is 38.1 Å². The number of amides is 1. The van der Waals surface area contributed by atoms with Crippen LogP contribution in [-0.2, 0) is 11.2 Å². The molecule has 1 amide bonds. The summed E-state index contributed by atoms with van der Waals surface area (Å²) in [5.41, 5.74) is 2.21. The molecule has 2 aromatic carbocycles. The number of anilines is 1. The van der Waals surface area contributed by atoms with E-state index >= 15 is 0 Å². The number of aryl methyl sites for hydroxylation is 1. The number of nitrogens with one attached hydrogen (secondary N) is 1. The molecule has 0 fully saturated rings. The molecule has 2 rings (SSSR count). The molecule has 0 saturated heterocycles. The summed E-state index contributed by atoms with van der Waals surface area (Å²) in [6.07, 6.45) is 0.211. The Balaban J connectivity index is 2.09. The average molecular weight is 327 g/mol. The highest BCUT2D eigenvalue weighted by atomic mass is 16.5. The number of rotatable bonds is 6. The van der Waals surface area contributed by atoms with Crippen LogP contribution < -0.4 is 10.1 Å². The van der Waals surface area contributed by atoms with Crippen LogP contribution in [0.5, 0.6) is 5.75 Å². The number of carboxylic acid groups (broad SMARTS) is 1. The van der Waals surface area contributed by atoms with Crippen LogP contribution in [0.15, 0.2) is 42.5 Å². The van der Waals surface area contributed by atoms with Crippen LogP contribution in [0.25, 0.3) is 0 Å². The van der Waals surface area contributed by atoms with E-state index in [9.17, 15) is 9.59 Å². The first-order valence-corrected chi connectivity index (χ1v) is 7.75. The van der Waals surface area contributed by atoms with Crippen LogP contribution in [0.1, 0.15) is 35.3 Å². The van der Waals surface area contributed by atoms with Gasteiger partial charge in [0.25, 0.3) is 0 Å². The van der Waals surface area contributed by atoms with Gasteiger partial charge >= 0.3 is 5.97 Å². The molecule has 2 aromatic rings. The normalized spacial score (nSPS) is 10.5. The van der Waals surface area contributed by atoms with Crippen LogP contribution in [-0.4, -0.2) is 23.1 Å². The Morgan fingerprint density at radius 1 is 1.17 bits per heavy atom. The third-order valence-corrected chi connectivity index (χ3v) is 3.43. The van der Waals surface area contributed by atoms with Crippen molar-refractivity contribution in [3.8, 4) is 5.75 Å². The SMILES string of the molecule is Cc1cc(NC(=O)Cc2ccccc2OC(C)C)ccc1C(=O)O. The van der Waals surface area contributed by atoms with Gasteiger partial charge < -0.3 is 15.2 Å². The van der Waals surface area contributed by atoms with Gasteiger partial charge in [0.1, 0.15) is 5.75 Å². The number of carbonyl (C=O) groups excluding carboxylic acids is 1. The van der Waals surface area contributed by atoms with Crippen LogP contribution in [0.4, 0.5) is 5.69 Å². The number of carbonyl (C=O) groups is 2. The van der Waals surface area contributed by atoms with E-state index < -0.39 is 5.97 Å². The summed E-state index contributed by atoms with van der Waals surface area (Å²) in [5.74, 6) is -0.470. The average Bonchev–Trinajstić information content (AvgIpc) is 2.48. The van der Waals surface area contributed by atoms with Crippen molar-refractivity contribution < 1.29 is 19.4 Å². The van der Waals surface area contributed by atoms with Gasteiger partial charge in [0, 0.05) is 11.3 Å². The molecule has 0 bridgehead atoms. The second-order valence-electron chi connectivity index (χ2n) is 5.83. The number of hydrogen-bond acceptors (Lipinski definition) is 3. The molecule has 5 nitrogen and oxygen atoms in total. The third kappa shape index (κ3) is 4.59. The Labute approximate surface area is 141 Å². The fourth-order valence-corrected chi connectivity index (χ4v) is 2.38. The molecule has 0 aromatic heterocycles. The lowest BCUT2D eigenvalue weighted by Gasteiger charge is -2.14.